The number of hydrogen-bond donors (Lipinski definition) is 1. The van der Waals surface area contributed by atoms with Gasteiger partial charge < -0.3 is 5.11 Å². The first-order valence-corrected chi connectivity index (χ1v) is 12.0. The molecule has 0 amide bonds. The van der Waals surface area contributed by atoms with Crippen LogP contribution in [0.4, 0.5) is 0 Å². The van der Waals surface area contributed by atoms with E-state index >= 15 is 0 Å². The van der Waals surface area contributed by atoms with Crippen LogP contribution in [0.3, 0.4) is 0 Å². The molecule has 1 N–H and O–H groups in total. The van der Waals surface area contributed by atoms with Crippen LogP contribution in [0.5, 0.6) is 0 Å². The molecule has 0 fully saturated rings. The Morgan fingerprint density at radius 2 is 1.30 bits per heavy atom. The Bertz CT molecular complexity index is 1400. The fourth-order valence-corrected chi connectivity index (χ4v) is 4.26. The van der Waals surface area contributed by atoms with Crippen molar-refractivity contribution in [3.63, 3.8) is 0 Å². The second-order valence-electron chi connectivity index (χ2n) is 6.57. The Kier molecular flexibility index (Phi) is 8.52. The Morgan fingerprint density at radius 3 is 1.67 bits per heavy atom. The standard InChI is InChI=1S/2C9H6N2S.C3H5N.C3H6O2/c2*1-2-4-8-7(3-1)10-9-11(8)5-6-12-9;1-2-3-4;1-2-3(4)5/h2*1-6H;2H2,1H3;2H2,1H3,(H,4,5). The zero-order valence-corrected chi connectivity index (χ0v) is 19.9. The number of benzene rings is 2. The van der Waals surface area contributed by atoms with Crippen molar-refractivity contribution in [1.82, 2.24) is 18.8 Å². The third-order valence-corrected chi connectivity index (χ3v) is 5.87. The monoisotopic (exact) mass is 477 g/mol. The summed E-state index contributed by atoms with van der Waals surface area (Å²) in [4.78, 5) is 20.4. The topological polar surface area (TPSA) is 95.7 Å². The van der Waals surface area contributed by atoms with Gasteiger partial charge in [0.1, 0.15) is 0 Å². The minimum Gasteiger partial charge on any atom is -0.481 e. The Labute approximate surface area is 198 Å². The van der Waals surface area contributed by atoms with Crippen LogP contribution in [-0.4, -0.2) is 29.8 Å². The van der Waals surface area contributed by atoms with Crippen molar-refractivity contribution < 1.29 is 9.90 Å². The predicted octanol–water partition coefficient (Wildman–Crippen LogP) is 6.50. The summed E-state index contributed by atoms with van der Waals surface area (Å²) in [5, 5.41) is 19.4. The van der Waals surface area contributed by atoms with Crippen molar-refractivity contribution in [3.8, 4) is 6.07 Å². The lowest BCUT2D eigenvalue weighted by molar-refractivity contribution is -0.136. The molecule has 7 nitrogen and oxygen atoms in total. The van der Waals surface area contributed by atoms with Crippen molar-refractivity contribution in [2.75, 3.05) is 0 Å². The van der Waals surface area contributed by atoms with E-state index in [4.69, 9.17) is 10.4 Å². The van der Waals surface area contributed by atoms with Gasteiger partial charge in [0.05, 0.1) is 28.1 Å². The van der Waals surface area contributed by atoms with Gasteiger partial charge in [-0.25, -0.2) is 9.97 Å². The number of carbonyl (C=O) groups is 1. The largest absolute Gasteiger partial charge is 0.481 e. The normalized spacial score (nSPS) is 9.97. The van der Waals surface area contributed by atoms with Crippen LogP contribution in [0.1, 0.15) is 26.7 Å². The Hall–Kier alpha value is -3.74. The third kappa shape index (κ3) is 5.94. The van der Waals surface area contributed by atoms with E-state index in [0.717, 1.165) is 21.0 Å². The summed E-state index contributed by atoms with van der Waals surface area (Å²) >= 11 is 3.33. The smallest absolute Gasteiger partial charge is 0.303 e. The molecule has 0 aliphatic heterocycles. The highest BCUT2D eigenvalue weighted by Crippen LogP contribution is 2.20. The second-order valence-corrected chi connectivity index (χ2v) is 8.32. The fourth-order valence-electron chi connectivity index (χ4n) is 2.80. The number of carboxylic acid groups (broad SMARTS) is 1. The van der Waals surface area contributed by atoms with E-state index in [1.807, 2.05) is 49.4 Å². The summed E-state index contributed by atoms with van der Waals surface area (Å²) in [6, 6.07) is 18.3. The van der Waals surface area contributed by atoms with Gasteiger partial charge in [0.25, 0.3) is 0 Å². The lowest BCUT2D eigenvalue weighted by Crippen LogP contribution is -1.86. The molecule has 9 heteroatoms. The summed E-state index contributed by atoms with van der Waals surface area (Å²) in [7, 11) is 0. The van der Waals surface area contributed by atoms with E-state index in [0.29, 0.717) is 6.42 Å². The predicted molar refractivity (Wildman–Crippen MR) is 135 cm³/mol. The van der Waals surface area contributed by atoms with E-state index in [1.54, 1.807) is 29.6 Å². The maximum atomic E-state index is 9.37. The number of aromatic nitrogens is 4. The first-order valence-electron chi connectivity index (χ1n) is 10.3. The van der Waals surface area contributed by atoms with E-state index in [9.17, 15) is 4.79 Å². The van der Waals surface area contributed by atoms with Crippen molar-refractivity contribution >= 4 is 60.6 Å². The molecule has 0 aliphatic rings. The summed E-state index contributed by atoms with van der Waals surface area (Å²) in [5.41, 5.74) is 4.52. The molecule has 0 radical (unpaired) electrons. The molecule has 0 spiro atoms. The molecule has 0 unspecified atom stereocenters. The molecule has 6 aromatic rings. The van der Waals surface area contributed by atoms with Crippen LogP contribution >= 0.6 is 22.7 Å². The van der Waals surface area contributed by atoms with Crippen molar-refractivity contribution in [2.45, 2.75) is 26.7 Å². The molecule has 0 aliphatic carbocycles. The van der Waals surface area contributed by atoms with Gasteiger partial charge in [-0.3, -0.25) is 13.6 Å². The molecule has 0 atom stereocenters. The highest BCUT2D eigenvalue weighted by molar-refractivity contribution is 7.15. The first-order chi connectivity index (χ1) is 16.1. The van der Waals surface area contributed by atoms with Crippen LogP contribution in [0.2, 0.25) is 0 Å². The second kappa shape index (κ2) is 11.8. The van der Waals surface area contributed by atoms with E-state index in [-0.39, 0.29) is 6.42 Å². The lowest BCUT2D eigenvalue weighted by atomic mass is 10.3. The summed E-state index contributed by atoms with van der Waals surface area (Å²) < 4.78 is 4.22. The number of imidazole rings is 2. The van der Waals surface area contributed by atoms with Crippen LogP contribution in [0.15, 0.2) is 71.7 Å². The molecule has 2 aromatic carbocycles. The first kappa shape index (κ1) is 23.9. The number of nitrogens with zero attached hydrogens (tertiary/aromatic N) is 5. The molecule has 0 saturated carbocycles. The zero-order chi connectivity index (χ0) is 23.6. The molecule has 4 heterocycles. The molecular formula is C24H23N5O2S2. The molecule has 0 saturated heterocycles. The van der Waals surface area contributed by atoms with Crippen LogP contribution in [0, 0.1) is 11.3 Å². The summed E-state index contributed by atoms with van der Waals surface area (Å²) in [6.07, 6.45) is 4.95. The zero-order valence-electron chi connectivity index (χ0n) is 18.3. The number of aliphatic carboxylic acids is 1. The Morgan fingerprint density at radius 1 is 0.909 bits per heavy atom. The van der Waals surface area contributed by atoms with Gasteiger partial charge in [-0.05, 0) is 24.3 Å². The maximum Gasteiger partial charge on any atom is 0.303 e. The van der Waals surface area contributed by atoms with Gasteiger partial charge in [0, 0.05) is 36.0 Å². The number of carboxylic acids is 1. The van der Waals surface area contributed by atoms with Gasteiger partial charge in [0.2, 0.25) is 0 Å². The molecule has 0 bridgehead atoms. The summed E-state index contributed by atoms with van der Waals surface area (Å²) in [6.45, 7) is 3.42. The van der Waals surface area contributed by atoms with E-state index in [1.165, 1.54) is 11.0 Å². The van der Waals surface area contributed by atoms with Gasteiger partial charge in [-0.15, -0.1) is 22.7 Å². The van der Waals surface area contributed by atoms with Crippen molar-refractivity contribution in [3.05, 3.63) is 71.7 Å². The maximum absolute atomic E-state index is 9.37. The molecule has 33 heavy (non-hydrogen) atoms. The third-order valence-electron chi connectivity index (χ3n) is 4.35. The van der Waals surface area contributed by atoms with Crippen molar-refractivity contribution in [2.24, 2.45) is 0 Å². The van der Waals surface area contributed by atoms with E-state index < -0.39 is 5.97 Å². The SMILES string of the molecule is CCC#N.CCC(=O)O.c1ccc2c(c1)nc1sccn12.c1ccc2c(c1)nc1sccn12. The number of nitriles is 1. The lowest BCUT2D eigenvalue weighted by Gasteiger charge is -1.86. The number of fused-ring (bicyclic) bond motifs is 6. The molecule has 4 aromatic heterocycles. The van der Waals surface area contributed by atoms with Gasteiger partial charge in [-0.2, -0.15) is 5.26 Å². The van der Waals surface area contributed by atoms with Crippen LogP contribution < -0.4 is 0 Å². The molecule has 6 rings (SSSR count). The minimum atomic E-state index is -0.745. The number of hydrogen-bond acceptors (Lipinski definition) is 6. The number of para-hydroxylation sites is 4. The molecule has 168 valence electrons. The average molecular weight is 478 g/mol. The van der Waals surface area contributed by atoms with Crippen LogP contribution in [0.25, 0.3) is 32.0 Å². The number of thiazole rings is 2. The van der Waals surface area contributed by atoms with Gasteiger partial charge in [-0.1, -0.05) is 38.1 Å². The summed E-state index contributed by atoms with van der Waals surface area (Å²) in [5.74, 6) is -0.745. The number of rotatable bonds is 1. The average Bonchev–Trinajstić information content (AvgIpc) is 3.61. The molecular weight excluding hydrogens is 454 g/mol. The van der Waals surface area contributed by atoms with E-state index in [2.05, 4.69) is 54.1 Å². The Balaban J connectivity index is 0.000000138. The minimum absolute atomic E-state index is 0.222. The van der Waals surface area contributed by atoms with Crippen LogP contribution in [-0.2, 0) is 4.79 Å². The fraction of sp³-hybridized carbons (Fsp3) is 0.167. The quantitative estimate of drug-likeness (QED) is 0.292. The highest BCUT2D eigenvalue weighted by atomic mass is 32.1. The van der Waals surface area contributed by atoms with Gasteiger partial charge in [0.15, 0.2) is 9.92 Å². The van der Waals surface area contributed by atoms with Gasteiger partial charge >= 0.3 is 5.97 Å². The van der Waals surface area contributed by atoms with Crippen molar-refractivity contribution in [1.29, 1.82) is 5.26 Å². The highest BCUT2D eigenvalue weighted by Gasteiger charge is 2.03.